The van der Waals surface area contributed by atoms with E-state index < -0.39 is 5.82 Å². The van der Waals surface area contributed by atoms with Crippen LogP contribution in [0.4, 0.5) is 4.39 Å². The van der Waals surface area contributed by atoms with Crippen molar-refractivity contribution in [1.82, 2.24) is 0 Å². The average molecular weight is 222 g/mol. The Balaban J connectivity index is 3.78. The highest BCUT2D eigenvalue weighted by Crippen LogP contribution is 1.93. The first-order valence-corrected chi connectivity index (χ1v) is 4.32. The van der Waals surface area contributed by atoms with E-state index >= 15 is 0 Å². The van der Waals surface area contributed by atoms with Crippen LogP contribution in [0, 0.1) is 51.1 Å². The van der Waals surface area contributed by atoms with Crippen LogP contribution in [-0.2, 0) is 0 Å². The molecule has 0 aromatic heterocycles. The summed E-state index contributed by atoms with van der Waals surface area (Å²) in [4.78, 5) is 0. The van der Waals surface area contributed by atoms with Crippen molar-refractivity contribution in [2.75, 3.05) is 0 Å². The van der Waals surface area contributed by atoms with Crippen LogP contribution in [-0.4, -0.2) is 0 Å². The first-order chi connectivity index (χ1) is 8.17. The first kappa shape index (κ1) is 11.9. The molecule has 0 atom stereocenters. The molecule has 78 valence electrons. The van der Waals surface area contributed by atoms with Gasteiger partial charge in [-0.1, -0.05) is 6.07 Å². The molecule has 0 fully saturated rings. The van der Waals surface area contributed by atoms with Gasteiger partial charge < -0.3 is 0 Å². The van der Waals surface area contributed by atoms with Gasteiger partial charge in [0.2, 0.25) is 0 Å². The smallest absolute Gasteiger partial charge is 0.139 e. The SMILES string of the molecule is N#CC(C#N)=c1ccc(=C(C#N)C#N)c(F)c1. The van der Waals surface area contributed by atoms with E-state index in [0.717, 1.165) is 6.07 Å². The lowest BCUT2D eigenvalue weighted by Gasteiger charge is -1.92. The summed E-state index contributed by atoms with van der Waals surface area (Å²) in [6.07, 6.45) is 0. The lowest BCUT2D eigenvalue weighted by molar-refractivity contribution is 0.617. The fraction of sp³-hybridized carbons (Fsp3) is 0. The Bertz CT molecular complexity index is 716. The maximum Gasteiger partial charge on any atom is 0.139 e. The van der Waals surface area contributed by atoms with Gasteiger partial charge in [0.1, 0.15) is 41.2 Å². The van der Waals surface area contributed by atoms with Gasteiger partial charge >= 0.3 is 0 Å². The molecule has 0 spiro atoms. The maximum atomic E-state index is 13.6. The fourth-order valence-electron chi connectivity index (χ4n) is 1.17. The number of hydrogen-bond acceptors (Lipinski definition) is 4. The molecule has 0 aliphatic carbocycles. The third-order valence-corrected chi connectivity index (χ3v) is 1.97. The molecule has 0 amide bonds. The Hall–Kier alpha value is -3.15. The average Bonchev–Trinajstić information content (AvgIpc) is 2.34. The van der Waals surface area contributed by atoms with Crippen LogP contribution >= 0.6 is 0 Å². The lowest BCUT2D eigenvalue weighted by Crippen LogP contribution is -2.16. The minimum atomic E-state index is -0.816. The van der Waals surface area contributed by atoms with Gasteiger partial charge in [-0.15, -0.1) is 0 Å². The zero-order valence-electron chi connectivity index (χ0n) is 8.40. The van der Waals surface area contributed by atoms with Gasteiger partial charge in [-0.3, -0.25) is 0 Å². The molecule has 0 saturated carbocycles. The van der Waals surface area contributed by atoms with E-state index in [0.29, 0.717) is 0 Å². The Morgan fingerprint density at radius 3 is 1.82 bits per heavy atom. The fourth-order valence-corrected chi connectivity index (χ4v) is 1.17. The lowest BCUT2D eigenvalue weighted by atomic mass is 10.1. The van der Waals surface area contributed by atoms with Crippen LogP contribution in [0.1, 0.15) is 0 Å². The molecule has 1 aromatic carbocycles. The summed E-state index contributed by atoms with van der Waals surface area (Å²) in [5.74, 6) is -0.816. The molecule has 1 aromatic rings. The minimum Gasteiger partial charge on any atom is -0.206 e. The zero-order valence-corrected chi connectivity index (χ0v) is 8.40. The van der Waals surface area contributed by atoms with E-state index in [1.807, 2.05) is 0 Å². The highest BCUT2D eigenvalue weighted by atomic mass is 19.1. The number of nitriles is 4. The van der Waals surface area contributed by atoms with E-state index in [1.165, 1.54) is 12.1 Å². The van der Waals surface area contributed by atoms with Crippen molar-refractivity contribution in [3.05, 3.63) is 34.5 Å². The molecule has 0 unspecified atom stereocenters. The molecule has 0 aliphatic heterocycles. The van der Waals surface area contributed by atoms with E-state index in [2.05, 4.69) is 0 Å². The molecule has 0 bridgehead atoms. The van der Waals surface area contributed by atoms with Gasteiger partial charge in [-0.25, -0.2) is 4.39 Å². The summed E-state index contributed by atoms with van der Waals surface area (Å²) >= 11 is 0. The first-order valence-electron chi connectivity index (χ1n) is 4.32. The predicted octanol–water partition coefficient (Wildman–Crippen LogP) is 0.221. The van der Waals surface area contributed by atoms with Crippen LogP contribution in [0.3, 0.4) is 0 Å². The molecular formula is C12H3FN4. The Kier molecular flexibility index (Phi) is 3.56. The van der Waals surface area contributed by atoms with Gasteiger partial charge in [-0.2, -0.15) is 21.0 Å². The molecule has 0 radical (unpaired) electrons. The predicted molar refractivity (Wildman–Crippen MR) is 54.9 cm³/mol. The molecule has 5 heteroatoms. The topological polar surface area (TPSA) is 95.2 Å². The second-order valence-corrected chi connectivity index (χ2v) is 2.89. The second kappa shape index (κ2) is 5.08. The largest absolute Gasteiger partial charge is 0.206 e. The number of hydrogen-bond donors (Lipinski definition) is 0. The van der Waals surface area contributed by atoms with E-state index in [1.54, 1.807) is 24.3 Å². The van der Waals surface area contributed by atoms with Crippen LogP contribution in [0.5, 0.6) is 0 Å². The third-order valence-electron chi connectivity index (χ3n) is 1.97. The second-order valence-electron chi connectivity index (χ2n) is 2.89. The van der Waals surface area contributed by atoms with Crippen molar-refractivity contribution in [3.8, 4) is 24.3 Å². The summed E-state index contributed by atoms with van der Waals surface area (Å²) in [6.45, 7) is 0. The number of rotatable bonds is 0. The summed E-state index contributed by atoms with van der Waals surface area (Å²) in [5, 5.41) is 34.3. The molecule has 1 rings (SSSR count). The van der Waals surface area contributed by atoms with E-state index in [-0.39, 0.29) is 21.6 Å². The highest BCUT2D eigenvalue weighted by molar-refractivity contribution is 5.74. The van der Waals surface area contributed by atoms with Crippen LogP contribution < -0.4 is 10.4 Å². The van der Waals surface area contributed by atoms with Crippen LogP contribution in [0.15, 0.2) is 18.2 Å². The standard InChI is InChI=1S/C12H3FN4/c13-12-3-8(9(4-14)5-15)1-2-11(12)10(6-16)7-17/h1-3H. The molecular weight excluding hydrogens is 219 g/mol. The van der Waals surface area contributed by atoms with Crippen molar-refractivity contribution in [1.29, 1.82) is 21.0 Å². The monoisotopic (exact) mass is 222 g/mol. The Morgan fingerprint density at radius 2 is 1.41 bits per heavy atom. The van der Waals surface area contributed by atoms with Gasteiger partial charge in [0.05, 0.1) is 0 Å². The van der Waals surface area contributed by atoms with Crippen LogP contribution in [0.25, 0.3) is 11.1 Å². The van der Waals surface area contributed by atoms with Crippen molar-refractivity contribution in [2.24, 2.45) is 0 Å². The van der Waals surface area contributed by atoms with E-state index in [4.69, 9.17) is 21.0 Å². The summed E-state index contributed by atoms with van der Waals surface area (Å²) in [5.41, 5.74) is -0.588. The Morgan fingerprint density at radius 1 is 0.882 bits per heavy atom. The third kappa shape index (κ3) is 2.26. The van der Waals surface area contributed by atoms with Crippen molar-refractivity contribution < 1.29 is 4.39 Å². The quantitative estimate of drug-likeness (QED) is 0.627. The highest BCUT2D eigenvalue weighted by Gasteiger charge is 2.02. The minimum absolute atomic E-state index is 0.117. The number of benzene rings is 1. The molecule has 0 heterocycles. The summed E-state index contributed by atoms with van der Waals surface area (Å²) in [6, 6.07) is 9.84. The van der Waals surface area contributed by atoms with Gasteiger partial charge in [-0.05, 0) is 12.1 Å². The van der Waals surface area contributed by atoms with Crippen molar-refractivity contribution in [3.63, 3.8) is 0 Å². The van der Waals surface area contributed by atoms with E-state index in [9.17, 15) is 4.39 Å². The molecule has 17 heavy (non-hydrogen) atoms. The summed E-state index contributed by atoms with van der Waals surface area (Å²) < 4.78 is 13.6. The van der Waals surface area contributed by atoms with Gasteiger partial charge in [0.15, 0.2) is 0 Å². The normalized spacial score (nSPS) is 8.06. The number of halogens is 1. The molecule has 4 nitrogen and oxygen atoms in total. The van der Waals surface area contributed by atoms with Crippen LogP contribution in [0.2, 0.25) is 0 Å². The molecule has 0 aliphatic rings. The summed E-state index contributed by atoms with van der Waals surface area (Å²) in [7, 11) is 0. The molecule has 0 saturated heterocycles. The van der Waals surface area contributed by atoms with Crippen molar-refractivity contribution in [2.45, 2.75) is 0 Å². The molecule has 0 N–H and O–H groups in total. The zero-order chi connectivity index (χ0) is 12.8. The Labute approximate surface area is 96.0 Å². The van der Waals surface area contributed by atoms with Gasteiger partial charge in [0.25, 0.3) is 0 Å². The van der Waals surface area contributed by atoms with Gasteiger partial charge in [0, 0.05) is 10.4 Å². The number of nitrogens with zero attached hydrogens (tertiary/aromatic N) is 4. The maximum absolute atomic E-state index is 13.6. The van der Waals surface area contributed by atoms with Crippen molar-refractivity contribution >= 4 is 11.1 Å².